The number of likely N-dealkylation sites (tertiary alicyclic amines) is 1. The van der Waals surface area contributed by atoms with Crippen molar-refractivity contribution in [1.29, 1.82) is 0 Å². The summed E-state index contributed by atoms with van der Waals surface area (Å²) in [6, 6.07) is 0.0510. The van der Waals surface area contributed by atoms with Crippen LogP contribution in [0.2, 0.25) is 0 Å². The molecule has 1 aromatic heterocycles. The van der Waals surface area contributed by atoms with Gasteiger partial charge in [0.05, 0.1) is 36.1 Å². The number of rotatable bonds is 2. The molecule has 3 rings (SSSR count). The van der Waals surface area contributed by atoms with E-state index in [4.69, 9.17) is 9.47 Å². The number of aromatic nitrogens is 3. The molecule has 0 radical (unpaired) electrons. The van der Waals surface area contributed by atoms with Crippen molar-refractivity contribution in [1.82, 2.24) is 25.2 Å². The molecule has 4 atom stereocenters. The van der Waals surface area contributed by atoms with Gasteiger partial charge in [0.25, 0.3) is 0 Å². The fraction of sp³-hybridized carbons (Fsp3) is 0.786. The van der Waals surface area contributed by atoms with Gasteiger partial charge in [0, 0.05) is 33.3 Å². The summed E-state index contributed by atoms with van der Waals surface area (Å²) in [5.74, 6) is 0.0589. The number of ether oxygens (including phenoxy) is 2. The Bertz CT molecular complexity index is 499. The molecule has 1 aromatic rings. The first-order chi connectivity index (χ1) is 10.6. The molecule has 3 heterocycles. The molecule has 0 bridgehead atoms. The summed E-state index contributed by atoms with van der Waals surface area (Å²) in [6.07, 6.45) is 1.79. The highest BCUT2D eigenvalue weighted by molar-refractivity contribution is 5.75. The highest BCUT2D eigenvalue weighted by Gasteiger charge is 2.40. The maximum atomic E-state index is 12.8. The Hall–Kier alpha value is -1.67. The van der Waals surface area contributed by atoms with Gasteiger partial charge in [0.1, 0.15) is 0 Å². The van der Waals surface area contributed by atoms with Crippen molar-refractivity contribution < 1.29 is 14.3 Å². The number of nitrogens with one attached hydrogen (secondary N) is 1. The standard InChI is InChI=1S/C14H23N5O3/c1-9-5-18(6-10(2)22-9)14(20)19-7-11(13(8-19)21-3)12-4-15-17-16-12/h4,9-11,13H,5-8H2,1-3H3,(H,15,16,17)/t9-,10+,11-,13+/m0/s1. The molecular formula is C14H23N5O3. The van der Waals surface area contributed by atoms with Gasteiger partial charge in [0.2, 0.25) is 0 Å². The van der Waals surface area contributed by atoms with Gasteiger partial charge >= 0.3 is 6.03 Å². The lowest BCUT2D eigenvalue weighted by molar-refractivity contribution is -0.0579. The van der Waals surface area contributed by atoms with Crippen LogP contribution in [-0.2, 0) is 9.47 Å². The summed E-state index contributed by atoms with van der Waals surface area (Å²) < 4.78 is 11.2. The van der Waals surface area contributed by atoms with Crippen LogP contribution in [0.5, 0.6) is 0 Å². The molecule has 122 valence electrons. The van der Waals surface area contributed by atoms with Crippen LogP contribution in [0.3, 0.4) is 0 Å². The summed E-state index contributed by atoms with van der Waals surface area (Å²) in [5.41, 5.74) is 0.839. The lowest BCUT2D eigenvalue weighted by Gasteiger charge is -2.37. The van der Waals surface area contributed by atoms with E-state index < -0.39 is 0 Å². The molecule has 2 saturated heterocycles. The van der Waals surface area contributed by atoms with Gasteiger partial charge in [-0.1, -0.05) is 0 Å². The van der Waals surface area contributed by atoms with E-state index in [9.17, 15) is 4.79 Å². The van der Waals surface area contributed by atoms with Crippen molar-refractivity contribution in [3.63, 3.8) is 0 Å². The Morgan fingerprint density at radius 1 is 1.27 bits per heavy atom. The van der Waals surface area contributed by atoms with Gasteiger partial charge in [-0.15, -0.1) is 0 Å². The first kappa shape index (κ1) is 15.2. The highest BCUT2D eigenvalue weighted by Crippen LogP contribution is 2.29. The summed E-state index contributed by atoms with van der Waals surface area (Å²) in [7, 11) is 1.67. The van der Waals surface area contributed by atoms with Crippen LogP contribution in [0.25, 0.3) is 0 Å². The number of aromatic amines is 1. The van der Waals surface area contributed by atoms with Crippen molar-refractivity contribution in [2.24, 2.45) is 0 Å². The third-order valence-corrected chi connectivity index (χ3v) is 4.34. The van der Waals surface area contributed by atoms with Gasteiger partial charge in [-0.25, -0.2) is 4.79 Å². The normalized spacial score (nSPS) is 32.5. The number of urea groups is 1. The first-order valence-corrected chi connectivity index (χ1v) is 7.66. The van der Waals surface area contributed by atoms with E-state index in [0.717, 1.165) is 5.69 Å². The fourth-order valence-electron chi connectivity index (χ4n) is 3.38. The SMILES string of the molecule is CO[C@@H]1CN(C(=O)N2C[C@@H](C)O[C@@H](C)C2)C[C@H]1c1cn[nH]n1. The second-order valence-electron chi connectivity index (χ2n) is 6.13. The van der Waals surface area contributed by atoms with E-state index in [-0.39, 0.29) is 30.3 Å². The van der Waals surface area contributed by atoms with Crippen LogP contribution in [-0.4, -0.2) is 82.8 Å². The minimum absolute atomic E-state index is 0.0510. The quantitative estimate of drug-likeness (QED) is 0.857. The van der Waals surface area contributed by atoms with Crippen LogP contribution in [0.1, 0.15) is 25.5 Å². The molecule has 8 heteroatoms. The predicted octanol–water partition coefficient (Wildman–Crippen LogP) is 0.448. The average Bonchev–Trinajstić information content (AvgIpc) is 3.14. The zero-order valence-corrected chi connectivity index (χ0v) is 13.2. The summed E-state index contributed by atoms with van der Waals surface area (Å²) in [6.45, 7) is 6.43. The number of carbonyl (C=O) groups is 1. The van der Waals surface area contributed by atoms with E-state index in [0.29, 0.717) is 26.2 Å². The molecule has 0 saturated carbocycles. The van der Waals surface area contributed by atoms with Crippen LogP contribution in [0.15, 0.2) is 6.20 Å². The zero-order valence-electron chi connectivity index (χ0n) is 13.2. The Balaban J connectivity index is 1.69. The Labute approximate surface area is 129 Å². The van der Waals surface area contributed by atoms with E-state index in [1.54, 1.807) is 13.3 Å². The van der Waals surface area contributed by atoms with E-state index >= 15 is 0 Å². The maximum Gasteiger partial charge on any atom is 0.320 e. The lowest BCUT2D eigenvalue weighted by atomic mass is 10.0. The number of hydrogen-bond acceptors (Lipinski definition) is 5. The third-order valence-electron chi connectivity index (χ3n) is 4.34. The predicted molar refractivity (Wildman–Crippen MR) is 78.5 cm³/mol. The van der Waals surface area contributed by atoms with Gasteiger partial charge in [-0.05, 0) is 13.8 Å². The fourth-order valence-corrected chi connectivity index (χ4v) is 3.38. The Morgan fingerprint density at radius 3 is 2.55 bits per heavy atom. The molecule has 22 heavy (non-hydrogen) atoms. The number of methoxy groups -OCH3 is 1. The van der Waals surface area contributed by atoms with E-state index in [2.05, 4.69) is 15.4 Å². The minimum atomic E-state index is -0.0510. The van der Waals surface area contributed by atoms with Crippen molar-refractivity contribution in [3.05, 3.63) is 11.9 Å². The number of H-pyrrole nitrogens is 1. The monoisotopic (exact) mass is 309 g/mol. The molecule has 0 aliphatic carbocycles. The number of morpholine rings is 1. The lowest BCUT2D eigenvalue weighted by Crippen LogP contribution is -2.52. The third kappa shape index (κ3) is 2.93. The minimum Gasteiger partial charge on any atom is -0.379 e. The van der Waals surface area contributed by atoms with Crippen molar-refractivity contribution in [3.8, 4) is 0 Å². The van der Waals surface area contributed by atoms with Crippen LogP contribution < -0.4 is 0 Å². The van der Waals surface area contributed by atoms with Crippen molar-refractivity contribution in [2.45, 2.75) is 38.1 Å². The van der Waals surface area contributed by atoms with Crippen LogP contribution in [0.4, 0.5) is 4.79 Å². The molecule has 0 aromatic carbocycles. The van der Waals surface area contributed by atoms with Gasteiger partial charge in [0.15, 0.2) is 0 Å². The average molecular weight is 309 g/mol. The molecule has 0 unspecified atom stereocenters. The molecule has 2 amide bonds. The second-order valence-corrected chi connectivity index (χ2v) is 6.13. The van der Waals surface area contributed by atoms with Gasteiger partial charge in [-0.3, -0.25) is 0 Å². The smallest absolute Gasteiger partial charge is 0.320 e. The summed E-state index contributed by atoms with van der Waals surface area (Å²) in [4.78, 5) is 16.5. The maximum absolute atomic E-state index is 12.8. The van der Waals surface area contributed by atoms with Crippen LogP contribution in [0, 0.1) is 0 Å². The first-order valence-electron chi connectivity index (χ1n) is 7.66. The zero-order chi connectivity index (χ0) is 15.7. The van der Waals surface area contributed by atoms with Crippen molar-refractivity contribution >= 4 is 6.03 Å². The molecule has 2 fully saturated rings. The van der Waals surface area contributed by atoms with E-state index in [1.807, 2.05) is 23.6 Å². The second kappa shape index (κ2) is 6.21. The van der Waals surface area contributed by atoms with E-state index in [1.165, 1.54) is 0 Å². The van der Waals surface area contributed by atoms with Gasteiger partial charge < -0.3 is 19.3 Å². The number of amides is 2. The number of carbonyl (C=O) groups excluding carboxylic acids is 1. The summed E-state index contributed by atoms with van der Waals surface area (Å²) >= 11 is 0. The summed E-state index contributed by atoms with van der Waals surface area (Å²) in [5, 5.41) is 10.6. The number of nitrogens with zero attached hydrogens (tertiary/aromatic N) is 4. The number of hydrogen-bond donors (Lipinski definition) is 1. The molecule has 1 N–H and O–H groups in total. The van der Waals surface area contributed by atoms with Crippen LogP contribution >= 0.6 is 0 Å². The molecular weight excluding hydrogens is 286 g/mol. The molecule has 2 aliphatic rings. The molecule has 2 aliphatic heterocycles. The van der Waals surface area contributed by atoms with Crippen molar-refractivity contribution in [2.75, 3.05) is 33.3 Å². The Morgan fingerprint density at radius 2 is 1.95 bits per heavy atom. The largest absolute Gasteiger partial charge is 0.379 e. The Kier molecular flexibility index (Phi) is 4.30. The highest BCUT2D eigenvalue weighted by atomic mass is 16.5. The topological polar surface area (TPSA) is 83.6 Å². The van der Waals surface area contributed by atoms with Gasteiger partial charge in [-0.2, -0.15) is 15.4 Å². The molecule has 0 spiro atoms. The molecule has 8 nitrogen and oxygen atoms in total.